The molecule has 136 valence electrons. The second-order valence-electron chi connectivity index (χ2n) is 6.03. The third kappa shape index (κ3) is 4.24. The molecule has 1 unspecified atom stereocenters. The molecule has 1 saturated heterocycles. The number of benzene rings is 1. The van der Waals surface area contributed by atoms with Gasteiger partial charge in [0.25, 0.3) is 5.69 Å². The molecule has 0 aromatic heterocycles. The summed E-state index contributed by atoms with van der Waals surface area (Å²) in [6.07, 6.45) is 0.466. The van der Waals surface area contributed by atoms with E-state index in [1.165, 1.54) is 18.1 Å². The lowest BCUT2D eigenvalue weighted by Crippen LogP contribution is -2.40. The first-order chi connectivity index (χ1) is 11.9. The number of carbonyl (C=O) groups is 2. The molecule has 1 aromatic rings. The number of nitro groups is 1. The number of hydrogen-bond donors (Lipinski definition) is 2. The number of nitro benzene ring substituents is 1. The Bertz CT molecular complexity index is 665. The van der Waals surface area contributed by atoms with Crippen molar-refractivity contribution in [2.45, 2.75) is 12.8 Å². The lowest BCUT2D eigenvalue weighted by atomic mass is 9.88. The maximum absolute atomic E-state index is 12.3. The van der Waals surface area contributed by atoms with E-state index in [1.807, 2.05) is 0 Å². The molecule has 9 heteroatoms. The van der Waals surface area contributed by atoms with Gasteiger partial charge in [-0.15, -0.1) is 0 Å². The number of carboxylic acids is 1. The Kier molecular flexibility index (Phi) is 5.92. The molecule has 25 heavy (non-hydrogen) atoms. The van der Waals surface area contributed by atoms with E-state index in [1.54, 1.807) is 18.2 Å². The van der Waals surface area contributed by atoms with E-state index in [4.69, 9.17) is 4.74 Å². The number of likely N-dealkylation sites (tertiary alicyclic amines) is 1. The van der Waals surface area contributed by atoms with Crippen molar-refractivity contribution in [3.05, 3.63) is 34.4 Å². The van der Waals surface area contributed by atoms with Crippen LogP contribution < -0.4 is 5.32 Å². The summed E-state index contributed by atoms with van der Waals surface area (Å²) in [5.74, 6) is -1.16. The van der Waals surface area contributed by atoms with E-state index in [2.05, 4.69) is 5.32 Å². The zero-order valence-corrected chi connectivity index (χ0v) is 13.9. The Morgan fingerprint density at radius 2 is 2.16 bits per heavy atom. The third-order valence-corrected chi connectivity index (χ3v) is 4.34. The van der Waals surface area contributed by atoms with Crippen molar-refractivity contribution in [3.8, 4) is 0 Å². The number of nitrogens with zero attached hydrogens (tertiary/aromatic N) is 2. The molecule has 0 bridgehead atoms. The van der Waals surface area contributed by atoms with Crippen LogP contribution in [0.2, 0.25) is 0 Å². The molecule has 1 aliphatic rings. The van der Waals surface area contributed by atoms with Crippen molar-refractivity contribution >= 4 is 23.3 Å². The SMILES string of the molecule is COCC1(C(=O)O)CCN(C(=O)CCNc2ccccc2[N+](=O)[O-])C1. The number of ether oxygens (including phenoxy) is 1. The zero-order chi connectivity index (χ0) is 18.4. The standard InChI is InChI=1S/C16H21N3O6/c1-25-11-16(15(21)22)7-9-18(10-16)14(20)6-8-17-12-4-2-3-5-13(12)19(23)24/h2-5,17H,6-11H2,1H3,(H,21,22). The number of methoxy groups -OCH3 is 1. The summed E-state index contributed by atoms with van der Waals surface area (Å²) >= 11 is 0. The Morgan fingerprint density at radius 1 is 1.44 bits per heavy atom. The van der Waals surface area contributed by atoms with Gasteiger partial charge in [-0.05, 0) is 12.5 Å². The van der Waals surface area contributed by atoms with Gasteiger partial charge in [-0.25, -0.2) is 0 Å². The number of amides is 1. The monoisotopic (exact) mass is 351 g/mol. The molecule has 1 aliphatic heterocycles. The second kappa shape index (κ2) is 7.93. The van der Waals surface area contributed by atoms with Gasteiger partial charge in [0.15, 0.2) is 0 Å². The van der Waals surface area contributed by atoms with Crippen LogP contribution in [-0.2, 0) is 14.3 Å². The molecule has 0 aliphatic carbocycles. The predicted octanol–water partition coefficient (Wildman–Crippen LogP) is 1.35. The average Bonchev–Trinajstić information content (AvgIpc) is 3.01. The fraction of sp³-hybridized carbons (Fsp3) is 0.500. The van der Waals surface area contributed by atoms with Crippen molar-refractivity contribution in [1.82, 2.24) is 4.90 Å². The van der Waals surface area contributed by atoms with Gasteiger partial charge < -0.3 is 20.1 Å². The summed E-state index contributed by atoms with van der Waals surface area (Å²) in [6, 6.07) is 6.20. The molecule has 2 N–H and O–H groups in total. The van der Waals surface area contributed by atoms with E-state index in [-0.39, 0.29) is 37.7 Å². The van der Waals surface area contributed by atoms with Crippen LogP contribution in [0.1, 0.15) is 12.8 Å². The number of aliphatic carboxylic acids is 1. The molecule has 1 amide bonds. The van der Waals surface area contributed by atoms with Gasteiger partial charge >= 0.3 is 5.97 Å². The van der Waals surface area contributed by atoms with Crippen molar-refractivity contribution in [1.29, 1.82) is 0 Å². The molecule has 0 spiro atoms. The van der Waals surface area contributed by atoms with Gasteiger partial charge in [0.2, 0.25) is 5.91 Å². The van der Waals surface area contributed by atoms with Crippen molar-refractivity contribution in [3.63, 3.8) is 0 Å². The Hall–Kier alpha value is -2.68. The Balaban J connectivity index is 1.90. The van der Waals surface area contributed by atoms with Gasteiger partial charge in [-0.3, -0.25) is 19.7 Å². The van der Waals surface area contributed by atoms with Crippen molar-refractivity contribution in [2.24, 2.45) is 5.41 Å². The molecule has 2 rings (SSSR count). The number of nitrogens with one attached hydrogen (secondary N) is 1. The third-order valence-electron chi connectivity index (χ3n) is 4.34. The Labute approximate surface area is 144 Å². The summed E-state index contributed by atoms with van der Waals surface area (Å²) in [5, 5.41) is 23.2. The minimum Gasteiger partial charge on any atom is -0.481 e. The highest BCUT2D eigenvalue weighted by Gasteiger charge is 2.46. The van der Waals surface area contributed by atoms with Crippen LogP contribution in [0.4, 0.5) is 11.4 Å². The number of rotatable bonds is 8. The summed E-state index contributed by atoms with van der Waals surface area (Å²) in [7, 11) is 1.44. The van der Waals surface area contributed by atoms with Crippen LogP contribution in [0.5, 0.6) is 0 Å². The van der Waals surface area contributed by atoms with Crippen LogP contribution in [-0.4, -0.2) is 60.2 Å². The summed E-state index contributed by atoms with van der Waals surface area (Å²) in [5.41, 5.74) is -0.766. The normalized spacial score (nSPS) is 19.6. The minimum atomic E-state index is -1.06. The summed E-state index contributed by atoms with van der Waals surface area (Å²) < 4.78 is 5.00. The fourth-order valence-electron chi connectivity index (χ4n) is 2.96. The molecule has 1 aromatic carbocycles. The lowest BCUT2D eigenvalue weighted by Gasteiger charge is -2.23. The van der Waals surface area contributed by atoms with Crippen LogP contribution in [0.15, 0.2) is 24.3 Å². The first kappa shape index (κ1) is 18.7. The maximum atomic E-state index is 12.3. The van der Waals surface area contributed by atoms with Crippen molar-refractivity contribution in [2.75, 3.05) is 38.7 Å². The van der Waals surface area contributed by atoms with E-state index in [0.29, 0.717) is 18.7 Å². The first-order valence-corrected chi connectivity index (χ1v) is 7.87. The van der Waals surface area contributed by atoms with Crippen LogP contribution in [0.25, 0.3) is 0 Å². The molecular weight excluding hydrogens is 330 g/mol. The van der Waals surface area contributed by atoms with Crippen LogP contribution in [0.3, 0.4) is 0 Å². The number of carboxylic acid groups (broad SMARTS) is 1. The molecule has 0 saturated carbocycles. The molecule has 1 fully saturated rings. The lowest BCUT2D eigenvalue weighted by molar-refractivity contribution is -0.384. The Morgan fingerprint density at radius 3 is 2.80 bits per heavy atom. The first-order valence-electron chi connectivity index (χ1n) is 7.87. The molecule has 1 heterocycles. The van der Waals surface area contributed by atoms with Gasteiger partial charge in [-0.1, -0.05) is 12.1 Å². The number of hydrogen-bond acceptors (Lipinski definition) is 6. The van der Waals surface area contributed by atoms with Crippen LogP contribution >= 0.6 is 0 Å². The van der Waals surface area contributed by atoms with E-state index in [0.717, 1.165) is 0 Å². The smallest absolute Gasteiger partial charge is 0.313 e. The van der Waals surface area contributed by atoms with Gasteiger partial charge in [0.1, 0.15) is 11.1 Å². The topological polar surface area (TPSA) is 122 Å². The van der Waals surface area contributed by atoms with Gasteiger partial charge in [0, 0.05) is 39.2 Å². The van der Waals surface area contributed by atoms with E-state index >= 15 is 0 Å². The van der Waals surface area contributed by atoms with E-state index < -0.39 is 16.3 Å². The zero-order valence-electron chi connectivity index (χ0n) is 13.9. The maximum Gasteiger partial charge on any atom is 0.313 e. The molecule has 9 nitrogen and oxygen atoms in total. The van der Waals surface area contributed by atoms with Gasteiger partial charge in [0.05, 0.1) is 11.5 Å². The summed E-state index contributed by atoms with van der Waals surface area (Å²) in [4.78, 5) is 35.7. The number of anilines is 1. The molecule has 1 atom stereocenters. The minimum absolute atomic E-state index is 0.0545. The number of para-hydroxylation sites is 2. The highest BCUT2D eigenvalue weighted by Crippen LogP contribution is 2.31. The number of carbonyl (C=O) groups excluding carboxylic acids is 1. The predicted molar refractivity (Wildman–Crippen MR) is 89.3 cm³/mol. The summed E-state index contributed by atoms with van der Waals surface area (Å²) in [6.45, 7) is 0.756. The largest absolute Gasteiger partial charge is 0.481 e. The quantitative estimate of drug-likeness (QED) is 0.535. The van der Waals surface area contributed by atoms with E-state index in [9.17, 15) is 24.8 Å². The highest BCUT2D eigenvalue weighted by molar-refractivity contribution is 5.81. The van der Waals surface area contributed by atoms with Crippen LogP contribution in [0, 0.1) is 15.5 Å². The molecular formula is C16H21N3O6. The van der Waals surface area contributed by atoms with Gasteiger partial charge in [-0.2, -0.15) is 0 Å². The van der Waals surface area contributed by atoms with Crippen molar-refractivity contribution < 1.29 is 24.4 Å². The second-order valence-corrected chi connectivity index (χ2v) is 6.03. The average molecular weight is 351 g/mol. The highest BCUT2D eigenvalue weighted by atomic mass is 16.6. The fourth-order valence-corrected chi connectivity index (χ4v) is 2.96. The molecule has 0 radical (unpaired) electrons.